The lowest BCUT2D eigenvalue weighted by atomic mass is 10.0. The SMILES string of the molecule is CCC(N)c1ccccc1N(C)Cc1ccccc1. The maximum absolute atomic E-state index is 6.20. The van der Waals surface area contributed by atoms with Crippen LogP contribution in [-0.4, -0.2) is 7.05 Å². The van der Waals surface area contributed by atoms with Crippen LogP contribution in [0.2, 0.25) is 0 Å². The molecule has 1 atom stereocenters. The van der Waals surface area contributed by atoms with E-state index in [1.807, 2.05) is 6.07 Å². The molecule has 2 N–H and O–H groups in total. The second kappa shape index (κ2) is 6.39. The maximum Gasteiger partial charge on any atom is 0.0426 e. The third kappa shape index (κ3) is 3.36. The Balaban J connectivity index is 2.21. The molecule has 0 radical (unpaired) electrons. The van der Waals surface area contributed by atoms with Crippen molar-refractivity contribution >= 4 is 5.69 Å². The van der Waals surface area contributed by atoms with Crippen molar-refractivity contribution in [2.24, 2.45) is 5.73 Å². The summed E-state index contributed by atoms with van der Waals surface area (Å²) in [5.74, 6) is 0. The summed E-state index contributed by atoms with van der Waals surface area (Å²) >= 11 is 0. The predicted molar refractivity (Wildman–Crippen MR) is 82.2 cm³/mol. The van der Waals surface area contributed by atoms with Crippen LogP contribution < -0.4 is 10.6 Å². The fourth-order valence-electron chi connectivity index (χ4n) is 2.31. The van der Waals surface area contributed by atoms with E-state index in [9.17, 15) is 0 Å². The fraction of sp³-hybridized carbons (Fsp3) is 0.294. The summed E-state index contributed by atoms with van der Waals surface area (Å²) in [6.45, 7) is 3.02. The molecule has 0 aliphatic rings. The minimum absolute atomic E-state index is 0.106. The average molecular weight is 254 g/mol. The number of rotatable bonds is 5. The molecule has 0 amide bonds. The van der Waals surface area contributed by atoms with Crippen LogP contribution in [0.15, 0.2) is 54.6 Å². The lowest BCUT2D eigenvalue weighted by Gasteiger charge is -2.24. The van der Waals surface area contributed by atoms with Crippen LogP contribution in [0.1, 0.15) is 30.5 Å². The highest BCUT2D eigenvalue weighted by atomic mass is 15.1. The van der Waals surface area contributed by atoms with Crippen molar-refractivity contribution in [1.82, 2.24) is 0 Å². The molecule has 19 heavy (non-hydrogen) atoms. The number of hydrogen-bond acceptors (Lipinski definition) is 2. The number of nitrogens with zero attached hydrogens (tertiary/aromatic N) is 1. The van der Waals surface area contributed by atoms with Crippen LogP contribution >= 0.6 is 0 Å². The zero-order valence-corrected chi connectivity index (χ0v) is 11.7. The molecule has 1 unspecified atom stereocenters. The van der Waals surface area contributed by atoms with Gasteiger partial charge in [-0.1, -0.05) is 55.5 Å². The van der Waals surface area contributed by atoms with E-state index in [2.05, 4.69) is 67.4 Å². The molecular formula is C17H22N2. The first kappa shape index (κ1) is 13.6. The van der Waals surface area contributed by atoms with Gasteiger partial charge in [0, 0.05) is 25.3 Å². The van der Waals surface area contributed by atoms with Gasteiger partial charge in [0.1, 0.15) is 0 Å². The summed E-state index contributed by atoms with van der Waals surface area (Å²) in [5.41, 5.74) is 9.96. The van der Waals surface area contributed by atoms with Gasteiger partial charge in [0.15, 0.2) is 0 Å². The van der Waals surface area contributed by atoms with E-state index in [4.69, 9.17) is 5.73 Å². The van der Waals surface area contributed by atoms with Crippen LogP contribution in [0.4, 0.5) is 5.69 Å². The van der Waals surface area contributed by atoms with Gasteiger partial charge in [0.2, 0.25) is 0 Å². The summed E-state index contributed by atoms with van der Waals surface area (Å²) in [7, 11) is 2.12. The average Bonchev–Trinajstić information content (AvgIpc) is 2.47. The first-order valence-corrected chi connectivity index (χ1v) is 6.82. The Morgan fingerprint density at radius 3 is 2.32 bits per heavy atom. The smallest absolute Gasteiger partial charge is 0.0426 e. The second-order valence-electron chi connectivity index (χ2n) is 4.92. The van der Waals surface area contributed by atoms with Crippen LogP contribution in [-0.2, 0) is 6.54 Å². The molecule has 2 nitrogen and oxygen atoms in total. The fourth-order valence-corrected chi connectivity index (χ4v) is 2.31. The van der Waals surface area contributed by atoms with Crippen LogP contribution in [0.25, 0.3) is 0 Å². The molecule has 2 aromatic carbocycles. The molecule has 0 fully saturated rings. The molecule has 0 aromatic heterocycles. The first-order valence-electron chi connectivity index (χ1n) is 6.82. The molecule has 100 valence electrons. The topological polar surface area (TPSA) is 29.3 Å². The molecule has 0 aliphatic heterocycles. The summed E-state index contributed by atoms with van der Waals surface area (Å²) in [5, 5.41) is 0. The Bertz CT molecular complexity index is 508. The Kier molecular flexibility index (Phi) is 4.58. The monoisotopic (exact) mass is 254 g/mol. The minimum atomic E-state index is 0.106. The Labute approximate surface area is 115 Å². The van der Waals surface area contributed by atoms with Crippen molar-refractivity contribution < 1.29 is 0 Å². The molecule has 0 bridgehead atoms. The van der Waals surface area contributed by atoms with Crippen molar-refractivity contribution in [3.05, 3.63) is 65.7 Å². The molecule has 0 heterocycles. The van der Waals surface area contributed by atoms with E-state index in [1.54, 1.807) is 0 Å². The third-order valence-corrected chi connectivity index (χ3v) is 3.45. The van der Waals surface area contributed by atoms with Crippen LogP contribution in [0.3, 0.4) is 0 Å². The molecule has 0 aliphatic carbocycles. The highest BCUT2D eigenvalue weighted by Gasteiger charge is 2.12. The first-order chi connectivity index (χ1) is 9.22. The van der Waals surface area contributed by atoms with Gasteiger partial charge in [-0.25, -0.2) is 0 Å². The number of benzene rings is 2. The molecule has 2 aromatic rings. The van der Waals surface area contributed by atoms with Gasteiger partial charge in [0.25, 0.3) is 0 Å². The minimum Gasteiger partial charge on any atom is -0.370 e. The van der Waals surface area contributed by atoms with E-state index in [1.165, 1.54) is 16.8 Å². The molecule has 2 heteroatoms. The van der Waals surface area contributed by atoms with E-state index < -0.39 is 0 Å². The highest BCUT2D eigenvalue weighted by molar-refractivity contribution is 5.54. The van der Waals surface area contributed by atoms with Gasteiger partial charge in [0.05, 0.1) is 0 Å². The van der Waals surface area contributed by atoms with Gasteiger partial charge in [-0.2, -0.15) is 0 Å². The summed E-state index contributed by atoms with van der Waals surface area (Å²) in [4.78, 5) is 2.26. The third-order valence-electron chi connectivity index (χ3n) is 3.45. The lowest BCUT2D eigenvalue weighted by molar-refractivity contribution is 0.694. The van der Waals surface area contributed by atoms with Gasteiger partial charge in [-0.3, -0.25) is 0 Å². The van der Waals surface area contributed by atoms with E-state index in [-0.39, 0.29) is 6.04 Å². The number of anilines is 1. The maximum atomic E-state index is 6.20. The Morgan fingerprint density at radius 1 is 1.00 bits per heavy atom. The normalized spacial score (nSPS) is 12.2. The van der Waals surface area contributed by atoms with Gasteiger partial charge in [-0.15, -0.1) is 0 Å². The molecule has 0 spiro atoms. The van der Waals surface area contributed by atoms with Gasteiger partial charge < -0.3 is 10.6 Å². The quantitative estimate of drug-likeness (QED) is 0.881. The predicted octanol–water partition coefficient (Wildman–Crippen LogP) is 3.73. The number of nitrogens with two attached hydrogens (primary N) is 1. The summed E-state index contributed by atoms with van der Waals surface area (Å²) in [6.07, 6.45) is 0.955. The van der Waals surface area contributed by atoms with Crippen molar-refractivity contribution in [3.63, 3.8) is 0 Å². The van der Waals surface area contributed by atoms with Crippen molar-refractivity contribution in [2.75, 3.05) is 11.9 Å². The number of para-hydroxylation sites is 1. The van der Waals surface area contributed by atoms with E-state index >= 15 is 0 Å². The molecule has 2 rings (SSSR count). The van der Waals surface area contributed by atoms with E-state index in [0.29, 0.717) is 0 Å². The van der Waals surface area contributed by atoms with E-state index in [0.717, 1.165) is 13.0 Å². The summed E-state index contributed by atoms with van der Waals surface area (Å²) in [6, 6.07) is 19.0. The van der Waals surface area contributed by atoms with Crippen molar-refractivity contribution in [1.29, 1.82) is 0 Å². The zero-order valence-electron chi connectivity index (χ0n) is 11.7. The van der Waals surface area contributed by atoms with Crippen LogP contribution in [0, 0.1) is 0 Å². The van der Waals surface area contributed by atoms with Crippen LogP contribution in [0.5, 0.6) is 0 Å². The standard InChI is InChI=1S/C17H22N2/c1-3-16(18)15-11-7-8-12-17(15)19(2)13-14-9-5-4-6-10-14/h4-12,16H,3,13,18H2,1-2H3. The van der Waals surface area contributed by atoms with Gasteiger partial charge >= 0.3 is 0 Å². The van der Waals surface area contributed by atoms with Gasteiger partial charge in [-0.05, 0) is 23.6 Å². The molecular weight excluding hydrogens is 232 g/mol. The molecule has 0 saturated carbocycles. The summed E-state index contributed by atoms with van der Waals surface area (Å²) < 4.78 is 0. The largest absolute Gasteiger partial charge is 0.370 e. The van der Waals surface area contributed by atoms with Crippen molar-refractivity contribution in [3.8, 4) is 0 Å². The Hall–Kier alpha value is -1.80. The van der Waals surface area contributed by atoms with Crippen molar-refractivity contribution in [2.45, 2.75) is 25.9 Å². The second-order valence-corrected chi connectivity index (χ2v) is 4.92. The lowest BCUT2D eigenvalue weighted by Crippen LogP contribution is -2.20. The number of hydrogen-bond donors (Lipinski definition) is 1. The Morgan fingerprint density at radius 2 is 1.63 bits per heavy atom. The highest BCUT2D eigenvalue weighted by Crippen LogP contribution is 2.26. The molecule has 0 saturated heterocycles. The zero-order chi connectivity index (χ0) is 13.7.